The van der Waals surface area contributed by atoms with Crippen molar-refractivity contribution in [2.24, 2.45) is 10.9 Å². The van der Waals surface area contributed by atoms with Crippen LogP contribution in [0, 0.1) is 17.6 Å². The van der Waals surface area contributed by atoms with Gasteiger partial charge in [-0.3, -0.25) is 15.1 Å². The molecule has 1 saturated heterocycles. The Hall–Kier alpha value is -1.98. The number of nitrogens with zero attached hydrogens (tertiary/aromatic N) is 1. The van der Waals surface area contributed by atoms with Crippen molar-refractivity contribution in [2.45, 2.75) is 19.9 Å². The van der Waals surface area contributed by atoms with E-state index in [9.17, 15) is 13.6 Å². The smallest absolute Gasteiger partial charge is 0.254 e. The van der Waals surface area contributed by atoms with Gasteiger partial charge < -0.3 is 5.32 Å². The summed E-state index contributed by atoms with van der Waals surface area (Å²) in [6.07, 6.45) is 0. The molecule has 1 fully saturated rings. The molecule has 1 aromatic rings. The van der Waals surface area contributed by atoms with Crippen LogP contribution in [-0.2, 0) is 4.79 Å². The molecular weight excluding hydrogens is 252 g/mol. The second-order valence-corrected chi connectivity index (χ2v) is 4.79. The van der Waals surface area contributed by atoms with Crippen LogP contribution >= 0.6 is 0 Å². The molecule has 1 aliphatic rings. The number of carbonyl (C=O) groups is 1. The molecule has 1 heterocycles. The van der Waals surface area contributed by atoms with Gasteiger partial charge >= 0.3 is 0 Å². The van der Waals surface area contributed by atoms with Crippen LogP contribution in [0.2, 0.25) is 0 Å². The Bertz CT molecular complexity index is 529. The number of benzene rings is 1. The summed E-state index contributed by atoms with van der Waals surface area (Å²) < 4.78 is 26.8. The van der Waals surface area contributed by atoms with Crippen molar-refractivity contribution >= 4 is 11.9 Å². The third-order valence-electron chi connectivity index (χ3n) is 2.69. The number of halogens is 2. The van der Waals surface area contributed by atoms with Crippen LogP contribution in [0.4, 0.5) is 8.78 Å². The van der Waals surface area contributed by atoms with E-state index in [0.717, 1.165) is 6.07 Å². The molecule has 1 unspecified atom stereocenters. The third-order valence-corrected chi connectivity index (χ3v) is 2.69. The van der Waals surface area contributed by atoms with E-state index >= 15 is 0 Å². The molecule has 4 nitrogen and oxygen atoms in total. The van der Waals surface area contributed by atoms with E-state index in [1.165, 1.54) is 12.1 Å². The first-order valence-corrected chi connectivity index (χ1v) is 6.04. The minimum atomic E-state index is -1.01. The molecule has 0 spiro atoms. The lowest BCUT2D eigenvalue weighted by Crippen LogP contribution is -2.26. The summed E-state index contributed by atoms with van der Waals surface area (Å²) in [7, 11) is 0. The van der Waals surface area contributed by atoms with Crippen LogP contribution in [0.1, 0.15) is 25.5 Å². The van der Waals surface area contributed by atoms with E-state index < -0.39 is 23.6 Å². The molecule has 1 aromatic carbocycles. The van der Waals surface area contributed by atoms with Gasteiger partial charge in [0.15, 0.2) is 17.6 Å². The normalized spacial score (nSPS) is 20.8. The second kappa shape index (κ2) is 5.34. The van der Waals surface area contributed by atoms with E-state index in [4.69, 9.17) is 0 Å². The average molecular weight is 267 g/mol. The SMILES string of the molecule is CC(C)CN=C1NC(=O)C(c2cccc(F)c2F)N1. The van der Waals surface area contributed by atoms with E-state index in [0.29, 0.717) is 18.4 Å². The minimum absolute atomic E-state index is 0.0211. The summed E-state index contributed by atoms with van der Waals surface area (Å²) in [5.74, 6) is -1.78. The molecule has 102 valence electrons. The Morgan fingerprint density at radius 2 is 2.11 bits per heavy atom. The van der Waals surface area contributed by atoms with Gasteiger partial charge in [0.25, 0.3) is 5.91 Å². The molecule has 2 N–H and O–H groups in total. The Morgan fingerprint density at radius 1 is 1.37 bits per heavy atom. The molecule has 0 aliphatic carbocycles. The van der Waals surface area contributed by atoms with Crippen molar-refractivity contribution in [3.05, 3.63) is 35.4 Å². The van der Waals surface area contributed by atoms with Crippen LogP contribution in [0.5, 0.6) is 0 Å². The lowest BCUT2D eigenvalue weighted by Gasteiger charge is -2.09. The Labute approximate surface area is 109 Å². The highest BCUT2D eigenvalue weighted by Crippen LogP contribution is 2.21. The van der Waals surface area contributed by atoms with Gasteiger partial charge in [-0.2, -0.15) is 0 Å². The summed E-state index contributed by atoms with van der Waals surface area (Å²) >= 11 is 0. The molecule has 1 atom stereocenters. The minimum Gasteiger partial charge on any atom is -0.340 e. The highest BCUT2D eigenvalue weighted by Gasteiger charge is 2.32. The number of rotatable bonds is 3. The van der Waals surface area contributed by atoms with Gasteiger partial charge in [-0.05, 0) is 12.0 Å². The molecule has 1 aliphatic heterocycles. The summed E-state index contributed by atoms with van der Waals surface area (Å²) in [4.78, 5) is 15.9. The zero-order chi connectivity index (χ0) is 14.0. The van der Waals surface area contributed by atoms with Crippen LogP contribution in [0.25, 0.3) is 0 Å². The van der Waals surface area contributed by atoms with Gasteiger partial charge in [0.1, 0.15) is 6.04 Å². The number of amides is 1. The van der Waals surface area contributed by atoms with Crippen molar-refractivity contribution in [3.8, 4) is 0 Å². The highest BCUT2D eigenvalue weighted by molar-refractivity contribution is 6.06. The fourth-order valence-electron chi connectivity index (χ4n) is 1.75. The quantitative estimate of drug-likeness (QED) is 0.876. The van der Waals surface area contributed by atoms with E-state index in [2.05, 4.69) is 15.6 Å². The molecule has 2 rings (SSSR count). The number of hydrogen-bond donors (Lipinski definition) is 2. The lowest BCUT2D eigenvalue weighted by atomic mass is 10.1. The van der Waals surface area contributed by atoms with Crippen molar-refractivity contribution in [3.63, 3.8) is 0 Å². The molecule has 1 amide bonds. The maximum atomic E-state index is 13.6. The summed E-state index contributed by atoms with van der Waals surface area (Å²) in [6, 6.07) is 2.81. The molecule has 6 heteroatoms. The first kappa shape index (κ1) is 13.5. The fraction of sp³-hybridized carbons (Fsp3) is 0.385. The van der Waals surface area contributed by atoms with Crippen molar-refractivity contribution < 1.29 is 13.6 Å². The Morgan fingerprint density at radius 3 is 2.79 bits per heavy atom. The molecule has 0 aromatic heterocycles. The van der Waals surface area contributed by atoms with Gasteiger partial charge in [-0.25, -0.2) is 8.78 Å². The molecule has 0 bridgehead atoms. The Balaban J connectivity index is 2.21. The number of guanidine groups is 1. The zero-order valence-corrected chi connectivity index (χ0v) is 10.7. The van der Waals surface area contributed by atoms with E-state index in [-0.39, 0.29) is 5.56 Å². The van der Waals surface area contributed by atoms with Gasteiger partial charge in [0, 0.05) is 12.1 Å². The maximum absolute atomic E-state index is 13.6. The first-order valence-electron chi connectivity index (χ1n) is 6.04. The summed E-state index contributed by atoms with van der Waals surface area (Å²) in [5, 5.41) is 5.28. The number of hydrogen-bond acceptors (Lipinski definition) is 2. The summed E-state index contributed by atoms with van der Waals surface area (Å²) in [5.41, 5.74) is -0.0211. The molecular formula is C13H15F2N3O. The topological polar surface area (TPSA) is 53.5 Å². The standard InChI is InChI=1S/C13H15F2N3O/c1-7(2)6-16-13-17-11(12(19)18-13)8-4-3-5-9(14)10(8)15/h3-5,7,11H,6H2,1-2H3,(H2,16,17,18,19). The molecule has 0 saturated carbocycles. The van der Waals surface area contributed by atoms with E-state index in [1.807, 2.05) is 13.8 Å². The van der Waals surface area contributed by atoms with Crippen molar-refractivity contribution in [2.75, 3.05) is 6.54 Å². The summed E-state index contributed by atoms with van der Waals surface area (Å²) in [6.45, 7) is 4.52. The number of aliphatic imine (C=N–C) groups is 1. The second-order valence-electron chi connectivity index (χ2n) is 4.79. The van der Waals surface area contributed by atoms with Crippen LogP contribution in [0.15, 0.2) is 23.2 Å². The van der Waals surface area contributed by atoms with E-state index in [1.54, 1.807) is 0 Å². The third kappa shape index (κ3) is 2.89. The number of nitrogens with one attached hydrogen (secondary N) is 2. The van der Waals surface area contributed by atoms with Crippen LogP contribution < -0.4 is 10.6 Å². The van der Waals surface area contributed by atoms with Crippen molar-refractivity contribution in [1.29, 1.82) is 0 Å². The first-order chi connectivity index (χ1) is 8.99. The zero-order valence-electron chi connectivity index (χ0n) is 10.7. The van der Waals surface area contributed by atoms with Gasteiger partial charge in [-0.1, -0.05) is 26.0 Å². The largest absolute Gasteiger partial charge is 0.340 e. The van der Waals surface area contributed by atoms with Crippen LogP contribution in [-0.4, -0.2) is 18.4 Å². The highest BCUT2D eigenvalue weighted by atomic mass is 19.2. The average Bonchev–Trinajstić information content (AvgIpc) is 2.71. The number of carbonyl (C=O) groups excluding carboxylic acids is 1. The van der Waals surface area contributed by atoms with Crippen molar-refractivity contribution in [1.82, 2.24) is 10.6 Å². The monoisotopic (exact) mass is 267 g/mol. The molecule has 19 heavy (non-hydrogen) atoms. The van der Waals surface area contributed by atoms with Crippen LogP contribution in [0.3, 0.4) is 0 Å². The predicted molar refractivity (Wildman–Crippen MR) is 67.5 cm³/mol. The predicted octanol–water partition coefficient (Wildman–Crippen LogP) is 1.74. The Kier molecular flexibility index (Phi) is 3.78. The molecule has 0 radical (unpaired) electrons. The van der Waals surface area contributed by atoms with Gasteiger partial charge in [0.05, 0.1) is 0 Å². The lowest BCUT2D eigenvalue weighted by molar-refractivity contribution is -0.120. The fourth-order valence-corrected chi connectivity index (χ4v) is 1.75. The van der Waals surface area contributed by atoms with Gasteiger partial charge in [-0.15, -0.1) is 0 Å². The van der Waals surface area contributed by atoms with Gasteiger partial charge in [0.2, 0.25) is 0 Å². The maximum Gasteiger partial charge on any atom is 0.254 e.